The molecular weight excluding hydrogens is 540 g/mol. The lowest BCUT2D eigenvalue weighted by Gasteiger charge is -2.46. The van der Waals surface area contributed by atoms with Gasteiger partial charge in [0.05, 0.1) is 40.5 Å². The molecule has 0 spiro atoms. The predicted octanol–water partition coefficient (Wildman–Crippen LogP) is 4.10. The number of anilines is 1. The minimum absolute atomic E-state index is 0.0158. The maximum absolute atomic E-state index is 13.9. The molecule has 5 atom stereocenters. The van der Waals surface area contributed by atoms with Crippen LogP contribution in [0.15, 0.2) is 42.5 Å². The summed E-state index contributed by atoms with van der Waals surface area (Å²) in [5.74, 6) is 1.51. The van der Waals surface area contributed by atoms with Crippen LogP contribution >= 0.6 is 0 Å². The van der Waals surface area contributed by atoms with Crippen molar-refractivity contribution in [3.8, 4) is 11.5 Å². The Morgan fingerprint density at radius 1 is 1.15 bits per heavy atom. The Labute approximate surface area is 243 Å². The number of fused-ring (bicyclic) bond motifs is 1. The van der Waals surface area contributed by atoms with E-state index in [0.717, 1.165) is 29.8 Å². The molecule has 9 nitrogen and oxygen atoms in total. The Hall–Kier alpha value is -3.08. The first-order chi connectivity index (χ1) is 19.7. The predicted molar refractivity (Wildman–Crippen MR) is 159 cm³/mol. The standard InChI is InChI=1S/C31H42N2O7Si/c1-20-29(38-3)25-17-21(33-15-16-39-31(33)36)8-13-26(25)40-30(20)27(18-28(35)32-14-6-7-22(32)19-34)41(4,5)24-11-9-23(37-2)10-12-24/h8-13,17,20,22,27,29-30,34H,6-7,14-16,18-19H2,1-5H3/t20-,22-,27?,29-,30-/m0/s1. The number of amides is 2. The molecule has 0 bridgehead atoms. The van der Waals surface area contributed by atoms with E-state index in [9.17, 15) is 14.7 Å². The second kappa shape index (κ2) is 12.0. The summed E-state index contributed by atoms with van der Waals surface area (Å²) in [5, 5.41) is 11.1. The highest BCUT2D eigenvalue weighted by Gasteiger charge is 2.49. The quantitative estimate of drug-likeness (QED) is 0.445. The van der Waals surface area contributed by atoms with E-state index < -0.39 is 8.07 Å². The topological polar surface area (TPSA) is 97.8 Å². The lowest BCUT2D eigenvalue weighted by molar-refractivity contribution is -0.133. The Kier molecular flexibility index (Phi) is 8.63. The largest absolute Gasteiger partial charge is 0.497 e. The lowest BCUT2D eigenvalue weighted by atomic mass is 9.86. The third-order valence-electron chi connectivity index (χ3n) is 9.35. The lowest BCUT2D eigenvalue weighted by Crippen LogP contribution is -2.55. The number of likely N-dealkylation sites (tertiary alicyclic amines) is 1. The van der Waals surface area contributed by atoms with E-state index in [4.69, 9.17) is 18.9 Å². The molecule has 41 heavy (non-hydrogen) atoms. The number of ether oxygens (including phenoxy) is 4. The Morgan fingerprint density at radius 2 is 1.90 bits per heavy atom. The number of hydrogen-bond donors (Lipinski definition) is 1. The van der Waals surface area contributed by atoms with E-state index in [0.29, 0.717) is 31.9 Å². The van der Waals surface area contributed by atoms with Crippen LogP contribution in [0.5, 0.6) is 11.5 Å². The fourth-order valence-corrected chi connectivity index (χ4v) is 10.2. The second-order valence-corrected chi connectivity index (χ2v) is 16.7. The Balaban J connectivity index is 1.51. The summed E-state index contributed by atoms with van der Waals surface area (Å²) in [6, 6.07) is 13.8. The molecule has 3 heterocycles. The van der Waals surface area contributed by atoms with Gasteiger partial charge in [0.25, 0.3) is 0 Å². The summed E-state index contributed by atoms with van der Waals surface area (Å²) in [5.41, 5.74) is 1.58. The first-order valence-electron chi connectivity index (χ1n) is 14.5. The average Bonchev–Trinajstić information content (AvgIpc) is 3.64. The van der Waals surface area contributed by atoms with Crippen molar-refractivity contribution in [3.63, 3.8) is 0 Å². The van der Waals surface area contributed by atoms with Crippen LogP contribution in [-0.4, -0.2) is 82.7 Å². The van der Waals surface area contributed by atoms with E-state index in [1.165, 1.54) is 5.19 Å². The van der Waals surface area contributed by atoms with Gasteiger partial charge in [0.2, 0.25) is 5.91 Å². The van der Waals surface area contributed by atoms with Crippen LogP contribution in [0.2, 0.25) is 18.6 Å². The first kappa shape index (κ1) is 29.4. The maximum Gasteiger partial charge on any atom is 0.414 e. The van der Waals surface area contributed by atoms with Gasteiger partial charge >= 0.3 is 6.09 Å². The molecule has 2 amide bonds. The Bertz CT molecular complexity index is 1250. The molecule has 10 heteroatoms. The van der Waals surface area contributed by atoms with Crippen LogP contribution in [0.3, 0.4) is 0 Å². The van der Waals surface area contributed by atoms with Crippen LogP contribution in [0, 0.1) is 5.92 Å². The van der Waals surface area contributed by atoms with Crippen molar-refractivity contribution in [2.75, 3.05) is 45.4 Å². The number of carbonyl (C=O) groups is 2. The molecule has 0 aromatic heterocycles. The fraction of sp³-hybridized carbons (Fsp3) is 0.548. The zero-order chi connectivity index (χ0) is 29.3. The van der Waals surface area contributed by atoms with Gasteiger partial charge in [-0.25, -0.2) is 4.79 Å². The van der Waals surface area contributed by atoms with Gasteiger partial charge < -0.3 is 29.0 Å². The molecule has 1 N–H and O–H groups in total. The van der Waals surface area contributed by atoms with Gasteiger partial charge in [-0.15, -0.1) is 0 Å². The van der Waals surface area contributed by atoms with Crippen LogP contribution in [-0.2, 0) is 14.3 Å². The van der Waals surface area contributed by atoms with Crippen molar-refractivity contribution in [1.29, 1.82) is 0 Å². The van der Waals surface area contributed by atoms with Gasteiger partial charge in [-0.1, -0.05) is 37.3 Å². The van der Waals surface area contributed by atoms with Crippen LogP contribution in [0.4, 0.5) is 10.5 Å². The van der Waals surface area contributed by atoms with Gasteiger partial charge in [0.1, 0.15) is 24.2 Å². The molecule has 2 aromatic carbocycles. The average molecular weight is 583 g/mol. The first-order valence-corrected chi connectivity index (χ1v) is 17.6. The Morgan fingerprint density at radius 3 is 2.54 bits per heavy atom. The zero-order valence-corrected chi connectivity index (χ0v) is 25.7. The molecule has 0 aliphatic carbocycles. The highest BCUT2D eigenvalue weighted by Crippen LogP contribution is 2.48. The van der Waals surface area contributed by atoms with Crippen molar-refractivity contribution in [2.45, 2.75) is 63.1 Å². The van der Waals surface area contributed by atoms with Gasteiger partial charge in [-0.2, -0.15) is 0 Å². The van der Waals surface area contributed by atoms with Gasteiger partial charge in [-0.05, 0) is 43.2 Å². The third kappa shape index (κ3) is 5.57. The van der Waals surface area contributed by atoms with Gasteiger partial charge in [0, 0.05) is 42.8 Å². The van der Waals surface area contributed by atoms with Crippen molar-refractivity contribution >= 4 is 30.9 Å². The third-order valence-corrected chi connectivity index (χ3v) is 13.6. The molecule has 0 radical (unpaired) electrons. The SMILES string of the molecule is COc1ccc([Si](C)(C)C(CC(=O)N2CCC[C@H]2CO)[C@H]2Oc3ccc(N4CCOC4=O)cc3[C@@H](OC)[C@@H]2C)cc1. The van der Waals surface area contributed by atoms with Crippen molar-refractivity contribution in [3.05, 3.63) is 48.0 Å². The number of cyclic esters (lactones) is 1. The molecule has 2 fully saturated rings. The number of aliphatic hydroxyl groups excluding tert-OH is 1. The van der Waals surface area contributed by atoms with Crippen molar-refractivity contribution in [1.82, 2.24) is 4.90 Å². The monoisotopic (exact) mass is 582 g/mol. The smallest absolute Gasteiger partial charge is 0.414 e. The molecular formula is C31H42N2O7Si. The zero-order valence-electron chi connectivity index (χ0n) is 24.7. The molecule has 3 aliphatic rings. The summed E-state index contributed by atoms with van der Waals surface area (Å²) >= 11 is 0. The molecule has 222 valence electrons. The summed E-state index contributed by atoms with van der Waals surface area (Å²) in [4.78, 5) is 29.6. The molecule has 2 aromatic rings. The van der Waals surface area contributed by atoms with Crippen LogP contribution in [0.25, 0.3) is 0 Å². The van der Waals surface area contributed by atoms with E-state index in [2.05, 4.69) is 32.2 Å². The summed E-state index contributed by atoms with van der Waals surface area (Å²) in [7, 11) is 1.02. The van der Waals surface area contributed by atoms with Crippen molar-refractivity contribution in [2.24, 2.45) is 5.92 Å². The van der Waals surface area contributed by atoms with Crippen LogP contribution in [0.1, 0.15) is 37.9 Å². The minimum atomic E-state index is -2.34. The number of nitrogens with zero attached hydrogens (tertiary/aromatic N) is 2. The minimum Gasteiger partial charge on any atom is -0.497 e. The number of methoxy groups -OCH3 is 2. The summed E-state index contributed by atoms with van der Waals surface area (Å²) in [6.07, 6.45) is 1.16. The van der Waals surface area contributed by atoms with Crippen molar-refractivity contribution < 1.29 is 33.6 Å². The molecule has 2 saturated heterocycles. The second-order valence-electron chi connectivity index (χ2n) is 11.9. The molecule has 3 aliphatic heterocycles. The fourth-order valence-electron chi connectivity index (χ4n) is 6.84. The number of rotatable bonds is 9. The van der Waals surface area contributed by atoms with E-state index in [1.54, 1.807) is 19.1 Å². The summed E-state index contributed by atoms with van der Waals surface area (Å²) < 4.78 is 23.5. The number of aliphatic hydroxyl groups is 1. The number of benzene rings is 2. The maximum atomic E-state index is 13.9. The highest BCUT2D eigenvalue weighted by atomic mass is 28.3. The molecule has 0 saturated carbocycles. The highest BCUT2D eigenvalue weighted by molar-refractivity contribution is 6.91. The van der Waals surface area contributed by atoms with E-state index >= 15 is 0 Å². The van der Waals surface area contributed by atoms with Gasteiger partial charge in [-0.3, -0.25) is 9.69 Å². The summed E-state index contributed by atoms with van der Waals surface area (Å²) in [6.45, 7) is 8.26. The molecule has 1 unspecified atom stereocenters. The number of carbonyl (C=O) groups excluding carboxylic acids is 2. The van der Waals surface area contributed by atoms with E-state index in [1.807, 2.05) is 35.2 Å². The number of hydrogen-bond acceptors (Lipinski definition) is 7. The normalized spacial score (nSPS) is 25.0. The molecule has 5 rings (SSSR count). The van der Waals surface area contributed by atoms with Gasteiger partial charge in [0.15, 0.2) is 0 Å². The van der Waals surface area contributed by atoms with E-state index in [-0.39, 0.29) is 48.3 Å². The van der Waals surface area contributed by atoms with Crippen LogP contribution < -0.4 is 19.6 Å².